The average molecular weight is 318 g/mol. The van der Waals surface area contributed by atoms with Crippen molar-refractivity contribution in [1.29, 1.82) is 0 Å². The summed E-state index contributed by atoms with van der Waals surface area (Å²) in [7, 11) is 0. The lowest BCUT2D eigenvalue weighted by atomic mass is 10.1. The van der Waals surface area contributed by atoms with Crippen molar-refractivity contribution in [2.24, 2.45) is 0 Å². The van der Waals surface area contributed by atoms with Crippen LogP contribution in [0.4, 0.5) is 10.8 Å². The summed E-state index contributed by atoms with van der Waals surface area (Å²) in [6, 6.07) is 10.5. The zero-order valence-corrected chi connectivity index (χ0v) is 12.8. The molecule has 0 atom stereocenters. The molecule has 0 aliphatic carbocycles. The lowest BCUT2D eigenvalue weighted by Crippen LogP contribution is -2.11. The second-order valence-electron chi connectivity index (χ2n) is 4.65. The summed E-state index contributed by atoms with van der Waals surface area (Å²) in [4.78, 5) is 16.5. The first-order chi connectivity index (χ1) is 10.0. The minimum absolute atomic E-state index is 0.178. The maximum absolute atomic E-state index is 12.2. The molecular formula is C15H12ClN3OS. The molecule has 6 heteroatoms. The Labute approximate surface area is 130 Å². The Morgan fingerprint density at radius 3 is 2.71 bits per heavy atom. The highest BCUT2D eigenvalue weighted by Gasteiger charge is 2.10. The third-order valence-electron chi connectivity index (χ3n) is 3.07. The van der Waals surface area contributed by atoms with Gasteiger partial charge >= 0.3 is 0 Å². The van der Waals surface area contributed by atoms with Gasteiger partial charge in [0.2, 0.25) is 0 Å². The van der Waals surface area contributed by atoms with Crippen LogP contribution >= 0.6 is 22.9 Å². The van der Waals surface area contributed by atoms with Gasteiger partial charge in [-0.1, -0.05) is 22.9 Å². The molecule has 0 fully saturated rings. The lowest BCUT2D eigenvalue weighted by molar-refractivity contribution is 0.102. The zero-order chi connectivity index (χ0) is 15.0. The molecule has 1 aromatic heterocycles. The molecule has 21 heavy (non-hydrogen) atoms. The Balaban J connectivity index is 1.90. The van der Waals surface area contributed by atoms with Crippen LogP contribution in [0.2, 0.25) is 5.02 Å². The van der Waals surface area contributed by atoms with Gasteiger partial charge in [-0.25, -0.2) is 4.98 Å². The third kappa shape index (κ3) is 2.84. The van der Waals surface area contributed by atoms with Crippen LogP contribution in [0.5, 0.6) is 0 Å². The molecule has 3 aromatic rings. The second-order valence-corrected chi connectivity index (χ2v) is 6.15. The van der Waals surface area contributed by atoms with Gasteiger partial charge in [0.25, 0.3) is 5.91 Å². The van der Waals surface area contributed by atoms with E-state index >= 15 is 0 Å². The standard InChI is InChI=1S/C15H12ClN3OS/c1-8-6-11(7-12-13(8)19-15(17)21-12)18-14(20)9-2-4-10(16)5-3-9/h2-7H,1H3,(H2,17,19)(H,18,20). The molecule has 0 unspecified atom stereocenters. The van der Waals surface area contributed by atoms with E-state index in [1.54, 1.807) is 24.3 Å². The van der Waals surface area contributed by atoms with Crippen LogP contribution in [0.3, 0.4) is 0 Å². The van der Waals surface area contributed by atoms with E-state index in [1.165, 1.54) is 11.3 Å². The van der Waals surface area contributed by atoms with Gasteiger partial charge in [-0.2, -0.15) is 0 Å². The first-order valence-electron chi connectivity index (χ1n) is 6.26. The van der Waals surface area contributed by atoms with Crippen LogP contribution in [0.1, 0.15) is 15.9 Å². The fraction of sp³-hybridized carbons (Fsp3) is 0.0667. The fourth-order valence-electron chi connectivity index (χ4n) is 2.09. The Morgan fingerprint density at radius 1 is 1.29 bits per heavy atom. The molecule has 106 valence electrons. The summed E-state index contributed by atoms with van der Waals surface area (Å²) < 4.78 is 0.957. The first kappa shape index (κ1) is 13.9. The fourth-order valence-corrected chi connectivity index (χ4v) is 3.07. The quantitative estimate of drug-likeness (QED) is 0.748. The number of nitrogen functional groups attached to an aromatic ring is 1. The molecule has 3 N–H and O–H groups in total. The molecule has 2 aromatic carbocycles. The number of nitrogens with one attached hydrogen (secondary N) is 1. The van der Waals surface area contributed by atoms with Crippen molar-refractivity contribution >= 4 is 49.9 Å². The van der Waals surface area contributed by atoms with E-state index in [-0.39, 0.29) is 5.91 Å². The topological polar surface area (TPSA) is 68.0 Å². The van der Waals surface area contributed by atoms with E-state index in [2.05, 4.69) is 10.3 Å². The number of carbonyl (C=O) groups excluding carboxylic acids is 1. The summed E-state index contributed by atoms with van der Waals surface area (Å²) in [5, 5.41) is 4.00. The predicted octanol–water partition coefficient (Wildman–Crippen LogP) is 4.09. The molecule has 1 heterocycles. The number of aryl methyl sites for hydroxylation is 1. The third-order valence-corrected chi connectivity index (χ3v) is 4.15. The lowest BCUT2D eigenvalue weighted by Gasteiger charge is -2.07. The molecular weight excluding hydrogens is 306 g/mol. The number of carbonyl (C=O) groups is 1. The number of hydrogen-bond donors (Lipinski definition) is 2. The van der Waals surface area contributed by atoms with E-state index in [1.807, 2.05) is 19.1 Å². The van der Waals surface area contributed by atoms with Gasteiger partial charge in [0.15, 0.2) is 5.13 Å². The van der Waals surface area contributed by atoms with Crippen molar-refractivity contribution in [2.75, 3.05) is 11.1 Å². The Morgan fingerprint density at radius 2 is 2.00 bits per heavy atom. The van der Waals surface area contributed by atoms with Crippen LogP contribution in [-0.2, 0) is 0 Å². The SMILES string of the molecule is Cc1cc(NC(=O)c2ccc(Cl)cc2)cc2sc(N)nc12. The van der Waals surface area contributed by atoms with E-state index in [0.717, 1.165) is 21.5 Å². The van der Waals surface area contributed by atoms with Gasteiger partial charge in [0.1, 0.15) is 0 Å². The Bertz CT molecular complexity index is 827. The number of anilines is 2. The van der Waals surface area contributed by atoms with Crippen LogP contribution in [0, 0.1) is 6.92 Å². The van der Waals surface area contributed by atoms with E-state index in [4.69, 9.17) is 17.3 Å². The molecule has 1 amide bonds. The van der Waals surface area contributed by atoms with Gasteiger partial charge in [-0.3, -0.25) is 4.79 Å². The average Bonchev–Trinajstić information content (AvgIpc) is 2.80. The van der Waals surface area contributed by atoms with Crippen LogP contribution in [-0.4, -0.2) is 10.9 Å². The number of nitrogens with zero attached hydrogens (tertiary/aromatic N) is 1. The molecule has 0 saturated carbocycles. The largest absolute Gasteiger partial charge is 0.375 e. The molecule has 0 radical (unpaired) electrons. The normalized spacial score (nSPS) is 10.8. The zero-order valence-electron chi connectivity index (χ0n) is 11.2. The van der Waals surface area contributed by atoms with E-state index < -0.39 is 0 Å². The molecule has 0 aliphatic heterocycles. The second kappa shape index (κ2) is 5.35. The number of benzene rings is 2. The molecule has 0 aliphatic rings. The summed E-state index contributed by atoms with van der Waals surface area (Å²) in [5.41, 5.74) is 8.86. The Kier molecular flexibility index (Phi) is 3.53. The van der Waals surface area contributed by atoms with Gasteiger partial charge in [-0.05, 0) is 48.9 Å². The first-order valence-corrected chi connectivity index (χ1v) is 7.46. The molecule has 4 nitrogen and oxygen atoms in total. The number of fused-ring (bicyclic) bond motifs is 1. The minimum Gasteiger partial charge on any atom is -0.375 e. The molecule has 0 bridgehead atoms. The monoisotopic (exact) mass is 317 g/mol. The van der Waals surface area contributed by atoms with Gasteiger partial charge in [0, 0.05) is 16.3 Å². The van der Waals surface area contributed by atoms with Crippen molar-refractivity contribution in [3.63, 3.8) is 0 Å². The number of thiazole rings is 1. The van der Waals surface area contributed by atoms with Gasteiger partial charge in [0.05, 0.1) is 10.2 Å². The summed E-state index contributed by atoms with van der Waals surface area (Å²) >= 11 is 7.22. The highest BCUT2D eigenvalue weighted by atomic mass is 35.5. The van der Waals surface area contributed by atoms with Crippen molar-refractivity contribution in [1.82, 2.24) is 4.98 Å². The highest BCUT2D eigenvalue weighted by molar-refractivity contribution is 7.22. The summed E-state index contributed by atoms with van der Waals surface area (Å²) in [6.45, 7) is 1.94. The van der Waals surface area contributed by atoms with E-state index in [0.29, 0.717) is 15.7 Å². The number of halogens is 1. The number of rotatable bonds is 2. The number of nitrogens with two attached hydrogens (primary N) is 1. The maximum Gasteiger partial charge on any atom is 0.255 e. The highest BCUT2D eigenvalue weighted by Crippen LogP contribution is 2.29. The van der Waals surface area contributed by atoms with Crippen molar-refractivity contribution < 1.29 is 4.79 Å². The summed E-state index contributed by atoms with van der Waals surface area (Å²) in [5.74, 6) is -0.178. The van der Waals surface area contributed by atoms with Crippen LogP contribution in [0.15, 0.2) is 36.4 Å². The maximum atomic E-state index is 12.2. The predicted molar refractivity (Wildman–Crippen MR) is 88.2 cm³/mol. The number of aromatic nitrogens is 1. The minimum atomic E-state index is -0.178. The van der Waals surface area contributed by atoms with Crippen LogP contribution < -0.4 is 11.1 Å². The van der Waals surface area contributed by atoms with Crippen molar-refractivity contribution in [3.05, 3.63) is 52.5 Å². The smallest absolute Gasteiger partial charge is 0.255 e. The van der Waals surface area contributed by atoms with Crippen molar-refractivity contribution in [2.45, 2.75) is 6.92 Å². The molecule has 0 saturated heterocycles. The summed E-state index contributed by atoms with van der Waals surface area (Å²) in [6.07, 6.45) is 0. The Hall–Kier alpha value is -2.11. The number of hydrogen-bond acceptors (Lipinski definition) is 4. The van der Waals surface area contributed by atoms with E-state index in [9.17, 15) is 4.79 Å². The number of amides is 1. The van der Waals surface area contributed by atoms with Crippen molar-refractivity contribution in [3.8, 4) is 0 Å². The van der Waals surface area contributed by atoms with Gasteiger partial charge < -0.3 is 11.1 Å². The van der Waals surface area contributed by atoms with Gasteiger partial charge in [-0.15, -0.1) is 0 Å². The van der Waals surface area contributed by atoms with Crippen LogP contribution in [0.25, 0.3) is 10.2 Å². The molecule has 0 spiro atoms. The molecule has 3 rings (SSSR count).